The lowest BCUT2D eigenvalue weighted by atomic mass is 10.0. The number of nitrogens with one attached hydrogen (secondary N) is 2. The molecule has 8 nitrogen and oxygen atoms in total. The Morgan fingerprint density at radius 3 is 2.79 bits per heavy atom. The van der Waals surface area contributed by atoms with Crippen molar-refractivity contribution >= 4 is 17.4 Å². The summed E-state index contributed by atoms with van der Waals surface area (Å²) in [6, 6.07) is 5.56. The molecule has 24 heavy (non-hydrogen) atoms. The van der Waals surface area contributed by atoms with Gasteiger partial charge in [-0.1, -0.05) is 13.0 Å². The van der Waals surface area contributed by atoms with E-state index in [4.69, 9.17) is 0 Å². The average Bonchev–Trinajstić information content (AvgIpc) is 2.56. The van der Waals surface area contributed by atoms with E-state index >= 15 is 0 Å². The Kier molecular flexibility index (Phi) is 6.51. The van der Waals surface area contributed by atoms with Gasteiger partial charge >= 0.3 is 6.03 Å². The van der Waals surface area contributed by atoms with E-state index in [9.17, 15) is 20.0 Å². The summed E-state index contributed by atoms with van der Waals surface area (Å²) in [5.41, 5.74) is 0.334. The van der Waals surface area contributed by atoms with Crippen LogP contribution in [0.5, 0.6) is 0 Å². The van der Waals surface area contributed by atoms with E-state index < -0.39 is 4.92 Å². The molecule has 1 aromatic rings. The smallest absolute Gasteiger partial charge is 0.319 e. The SMILES string of the molecule is CCC(O)CN1CCC(NC(=O)Nc2cccc([N+](=O)[O-])c2)CC1. The lowest BCUT2D eigenvalue weighted by molar-refractivity contribution is -0.384. The molecule has 1 unspecified atom stereocenters. The standard InChI is InChI=1S/C16H24N4O4/c1-2-15(21)11-19-8-6-12(7-9-19)17-16(22)18-13-4-3-5-14(10-13)20(23)24/h3-5,10,12,15,21H,2,6-9,11H2,1H3,(H2,17,18,22). The largest absolute Gasteiger partial charge is 0.392 e. The number of amides is 2. The third kappa shape index (κ3) is 5.47. The van der Waals surface area contributed by atoms with Crippen molar-refractivity contribution in [2.45, 2.75) is 38.3 Å². The van der Waals surface area contributed by atoms with Crippen molar-refractivity contribution in [2.75, 3.05) is 25.0 Å². The highest BCUT2D eigenvalue weighted by Crippen LogP contribution is 2.17. The minimum Gasteiger partial charge on any atom is -0.392 e. The van der Waals surface area contributed by atoms with E-state index in [1.807, 2.05) is 6.92 Å². The molecule has 1 aromatic carbocycles. The maximum atomic E-state index is 12.0. The quantitative estimate of drug-likeness (QED) is 0.543. The van der Waals surface area contributed by atoms with Gasteiger partial charge in [0.25, 0.3) is 5.69 Å². The van der Waals surface area contributed by atoms with Gasteiger partial charge in [-0.3, -0.25) is 10.1 Å². The molecular weight excluding hydrogens is 312 g/mol. The molecule has 3 N–H and O–H groups in total. The molecule has 0 saturated carbocycles. The molecule has 1 atom stereocenters. The summed E-state index contributed by atoms with van der Waals surface area (Å²) in [4.78, 5) is 24.5. The van der Waals surface area contributed by atoms with Crippen LogP contribution in [0.25, 0.3) is 0 Å². The van der Waals surface area contributed by atoms with Crippen molar-refractivity contribution in [3.05, 3.63) is 34.4 Å². The topological polar surface area (TPSA) is 108 Å². The molecule has 1 fully saturated rings. The molecule has 8 heteroatoms. The summed E-state index contributed by atoms with van der Waals surface area (Å²) < 4.78 is 0. The van der Waals surface area contributed by atoms with Crippen molar-refractivity contribution < 1.29 is 14.8 Å². The number of aliphatic hydroxyl groups excluding tert-OH is 1. The van der Waals surface area contributed by atoms with Gasteiger partial charge in [0.15, 0.2) is 0 Å². The minimum atomic E-state index is -0.496. The molecule has 0 bridgehead atoms. The Bertz CT molecular complexity index is 573. The first kappa shape index (κ1) is 18.2. The monoisotopic (exact) mass is 336 g/mol. The fourth-order valence-corrected chi connectivity index (χ4v) is 2.74. The summed E-state index contributed by atoms with van der Waals surface area (Å²) >= 11 is 0. The average molecular weight is 336 g/mol. The van der Waals surface area contributed by atoms with Crippen LogP contribution in [0.4, 0.5) is 16.2 Å². The summed E-state index contributed by atoms with van der Waals surface area (Å²) in [6.45, 7) is 4.29. The van der Waals surface area contributed by atoms with E-state index in [0.717, 1.165) is 32.4 Å². The first-order valence-electron chi connectivity index (χ1n) is 8.20. The fraction of sp³-hybridized carbons (Fsp3) is 0.562. The second-order valence-corrected chi connectivity index (χ2v) is 6.04. The van der Waals surface area contributed by atoms with Gasteiger partial charge in [0.1, 0.15) is 0 Å². The first-order chi connectivity index (χ1) is 11.5. The number of non-ortho nitro benzene ring substituents is 1. The van der Waals surface area contributed by atoms with E-state index in [1.54, 1.807) is 6.07 Å². The number of hydrogen-bond donors (Lipinski definition) is 3. The zero-order valence-corrected chi connectivity index (χ0v) is 13.8. The Morgan fingerprint density at radius 2 is 2.17 bits per heavy atom. The van der Waals surface area contributed by atoms with Crippen LogP contribution in [-0.2, 0) is 0 Å². The number of carbonyl (C=O) groups excluding carboxylic acids is 1. The van der Waals surface area contributed by atoms with Gasteiger partial charge in [-0.15, -0.1) is 0 Å². The zero-order chi connectivity index (χ0) is 17.5. The maximum Gasteiger partial charge on any atom is 0.319 e. The molecule has 0 aliphatic carbocycles. The number of carbonyl (C=O) groups is 1. The Balaban J connectivity index is 1.77. The molecule has 132 valence electrons. The number of benzene rings is 1. The zero-order valence-electron chi connectivity index (χ0n) is 13.8. The van der Waals surface area contributed by atoms with Crippen LogP contribution in [0.3, 0.4) is 0 Å². The maximum absolute atomic E-state index is 12.0. The molecule has 0 spiro atoms. The van der Waals surface area contributed by atoms with Gasteiger partial charge in [-0.25, -0.2) is 4.79 Å². The third-order valence-electron chi connectivity index (χ3n) is 4.18. The van der Waals surface area contributed by atoms with Crippen molar-refractivity contribution in [3.63, 3.8) is 0 Å². The first-order valence-corrected chi connectivity index (χ1v) is 8.20. The van der Waals surface area contributed by atoms with Crippen LogP contribution in [0.1, 0.15) is 26.2 Å². The number of rotatable bonds is 6. The molecule has 2 rings (SSSR count). The van der Waals surface area contributed by atoms with E-state index in [1.165, 1.54) is 18.2 Å². The second-order valence-electron chi connectivity index (χ2n) is 6.04. The fourth-order valence-electron chi connectivity index (χ4n) is 2.74. The summed E-state index contributed by atoms with van der Waals surface area (Å²) in [5.74, 6) is 0. The Hall–Kier alpha value is -2.19. The highest BCUT2D eigenvalue weighted by Gasteiger charge is 2.22. The predicted octanol–water partition coefficient (Wildman–Crippen LogP) is 1.95. The Morgan fingerprint density at radius 1 is 1.46 bits per heavy atom. The van der Waals surface area contributed by atoms with E-state index in [0.29, 0.717) is 12.2 Å². The molecule has 2 amide bonds. The number of piperidine rings is 1. The van der Waals surface area contributed by atoms with Crippen molar-refractivity contribution in [2.24, 2.45) is 0 Å². The minimum absolute atomic E-state index is 0.0596. The number of aliphatic hydroxyl groups is 1. The summed E-state index contributed by atoms with van der Waals surface area (Å²) in [5, 5.41) is 25.9. The third-order valence-corrected chi connectivity index (χ3v) is 4.18. The number of nitro groups is 1. The van der Waals surface area contributed by atoms with Crippen LogP contribution >= 0.6 is 0 Å². The Labute approximate surface area is 141 Å². The van der Waals surface area contributed by atoms with Crippen LogP contribution in [0.15, 0.2) is 24.3 Å². The lowest BCUT2D eigenvalue weighted by Gasteiger charge is -2.33. The normalized spacial score (nSPS) is 17.2. The van der Waals surface area contributed by atoms with Gasteiger partial charge in [0.05, 0.1) is 11.0 Å². The highest BCUT2D eigenvalue weighted by atomic mass is 16.6. The van der Waals surface area contributed by atoms with Crippen LogP contribution in [0.2, 0.25) is 0 Å². The number of β-amino-alcohol motifs (C(OH)–C–C–N with tert-alkyl or cyclic N) is 1. The second kappa shape index (κ2) is 8.60. The van der Waals surface area contributed by atoms with Gasteiger partial charge in [0.2, 0.25) is 0 Å². The number of urea groups is 1. The van der Waals surface area contributed by atoms with E-state index in [-0.39, 0.29) is 23.9 Å². The van der Waals surface area contributed by atoms with Crippen molar-refractivity contribution in [3.8, 4) is 0 Å². The number of nitro benzene ring substituents is 1. The summed E-state index contributed by atoms with van der Waals surface area (Å²) in [6.07, 6.45) is 2.08. The molecule has 1 saturated heterocycles. The van der Waals surface area contributed by atoms with Gasteiger partial charge in [-0.05, 0) is 25.3 Å². The lowest BCUT2D eigenvalue weighted by Crippen LogP contribution is -2.47. The molecular formula is C16H24N4O4. The molecule has 1 aliphatic rings. The summed E-state index contributed by atoms with van der Waals surface area (Å²) in [7, 11) is 0. The highest BCUT2D eigenvalue weighted by molar-refractivity contribution is 5.89. The van der Waals surface area contributed by atoms with Crippen LogP contribution in [0, 0.1) is 10.1 Å². The number of likely N-dealkylation sites (tertiary alicyclic amines) is 1. The van der Waals surface area contributed by atoms with E-state index in [2.05, 4.69) is 15.5 Å². The van der Waals surface area contributed by atoms with Crippen LogP contribution < -0.4 is 10.6 Å². The van der Waals surface area contributed by atoms with Crippen LogP contribution in [-0.4, -0.2) is 52.7 Å². The molecule has 1 heterocycles. The molecule has 1 aliphatic heterocycles. The van der Waals surface area contributed by atoms with Crippen molar-refractivity contribution in [1.29, 1.82) is 0 Å². The number of hydrogen-bond acceptors (Lipinski definition) is 5. The van der Waals surface area contributed by atoms with Gasteiger partial charge in [0, 0.05) is 43.5 Å². The number of anilines is 1. The van der Waals surface area contributed by atoms with Crippen molar-refractivity contribution in [1.82, 2.24) is 10.2 Å². The van der Waals surface area contributed by atoms with Gasteiger partial charge < -0.3 is 20.6 Å². The molecule has 0 radical (unpaired) electrons. The molecule has 0 aromatic heterocycles. The number of nitrogens with zero attached hydrogens (tertiary/aromatic N) is 2. The van der Waals surface area contributed by atoms with Gasteiger partial charge in [-0.2, -0.15) is 0 Å². The predicted molar refractivity (Wildman–Crippen MR) is 91.0 cm³/mol.